The van der Waals surface area contributed by atoms with Crippen LogP contribution in [0.1, 0.15) is 78.6 Å². The van der Waals surface area contributed by atoms with E-state index in [1.807, 2.05) is 30.3 Å². The summed E-state index contributed by atoms with van der Waals surface area (Å²) in [4.78, 5) is 0. The predicted octanol–water partition coefficient (Wildman–Crippen LogP) is 7.42. The summed E-state index contributed by atoms with van der Waals surface area (Å²) in [5.41, 5.74) is 1.75. The molecule has 1 aromatic carbocycles. The lowest BCUT2D eigenvalue weighted by molar-refractivity contribution is 0.290. The highest BCUT2D eigenvalue weighted by Gasteiger charge is 2.21. The second-order valence-corrected chi connectivity index (χ2v) is 7.96. The number of rotatable bonds is 11. The maximum Gasteiger partial charge on any atom is 0.119 e. The zero-order valence-corrected chi connectivity index (χ0v) is 16.7. The molecule has 0 saturated heterocycles. The minimum atomic E-state index is 0.786. The first kappa shape index (κ1) is 20.1. The number of allylic oxidation sites excluding steroid dienone is 2. The van der Waals surface area contributed by atoms with Gasteiger partial charge in [-0.15, -0.1) is 0 Å². The molecule has 0 spiro atoms. The Morgan fingerprint density at radius 1 is 1.12 bits per heavy atom. The molecule has 0 N–H and O–H groups in total. The van der Waals surface area contributed by atoms with Crippen molar-refractivity contribution in [2.75, 3.05) is 6.61 Å². The predicted molar refractivity (Wildman–Crippen MR) is 109 cm³/mol. The summed E-state index contributed by atoms with van der Waals surface area (Å²) in [6.07, 6.45) is 14.5. The van der Waals surface area contributed by atoms with Gasteiger partial charge < -0.3 is 4.74 Å². The molecule has 3 atom stereocenters. The van der Waals surface area contributed by atoms with Crippen molar-refractivity contribution >= 4 is 0 Å². The normalized spacial score (nSPS) is 20.0. The number of hydrogen-bond acceptors (Lipinski definition) is 1. The summed E-state index contributed by atoms with van der Waals surface area (Å²) in [5.74, 6) is 3.61. The van der Waals surface area contributed by atoms with Crippen molar-refractivity contribution in [2.24, 2.45) is 17.8 Å². The van der Waals surface area contributed by atoms with Crippen LogP contribution >= 0.6 is 0 Å². The van der Waals surface area contributed by atoms with E-state index in [4.69, 9.17) is 4.74 Å². The van der Waals surface area contributed by atoms with Crippen LogP contribution in [0, 0.1) is 17.8 Å². The fourth-order valence-electron chi connectivity index (χ4n) is 4.13. The molecule has 2 rings (SSSR count). The van der Waals surface area contributed by atoms with Crippen molar-refractivity contribution in [3.8, 4) is 5.75 Å². The Morgan fingerprint density at radius 3 is 2.56 bits per heavy atom. The van der Waals surface area contributed by atoms with E-state index in [9.17, 15) is 0 Å². The summed E-state index contributed by atoms with van der Waals surface area (Å²) in [5, 5.41) is 0. The topological polar surface area (TPSA) is 9.23 Å². The average Bonchev–Trinajstić information content (AvgIpc) is 2.65. The van der Waals surface area contributed by atoms with E-state index in [0.717, 1.165) is 36.5 Å². The summed E-state index contributed by atoms with van der Waals surface area (Å²) >= 11 is 0. The molecule has 0 fully saturated rings. The van der Waals surface area contributed by atoms with Crippen LogP contribution in [0.25, 0.3) is 0 Å². The third kappa shape index (κ3) is 7.26. The quantitative estimate of drug-likeness (QED) is 0.300. The van der Waals surface area contributed by atoms with Crippen LogP contribution in [0.4, 0.5) is 0 Å². The molecule has 0 saturated carbocycles. The van der Waals surface area contributed by atoms with Gasteiger partial charge in [-0.2, -0.15) is 0 Å². The Morgan fingerprint density at radius 2 is 1.92 bits per heavy atom. The Kier molecular flexibility index (Phi) is 9.15. The first-order valence-corrected chi connectivity index (χ1v) is 10.6. The third-order valence-electron chi connectivity index (χ3n) is 5.86. The second kappa shape index (κ2) is 11.4. The SMILES string of the molecule is CCCC(CCCOc1ccccc1)C1=CCC(CC(C)CC)CC1. The fourth-order valence-corrected chi connectivity index (χ4v) is 4.13. The van der Waals surface area contributed by atoms with E-state index >= 15 is 0 Å². The minimum absolute atomic E-state index is 0.786. The van der Waals surface area contributed by atoms with Gasteiger partial charge >= 0.3 is 0 Å². The molecule has 1 aliphatic rings. The lowest BCUT2D eigenvalue weighted by atomic mass is 9.78. The third-order valence-corrected chi connectivity index (χ3v) is 5.86. The molecular formula is C24H38O. The standard InChI is InChI=1S/C24H38O/c1-4-10-22(11-9-18-25-24-12-7-6-8-13-24)23-16-14-21(15-17-23)19-20(3)5-2/h6-8,12-13,16,20-22H,4-5,9-11,14-15,17-19H2,1-3H3. The lowest BCUT2D eigenvalue weighted by Gasteiger charge is -2.28. The van der Waals surface area contributed by atoms with Gasteiger partial charge in [0, 0.05) is 0 Å². The first-order valence-electron chi connectivity index (χ1n) is 10.6. The van der Waals surface area contributed by atoms with Crippen LogP contribution in [0.3, 0.4) is 0 Å². The van der Waals surface area contributed by atoms with Crippen molar-refractivity contribution in [2.45, 2.75) is 78.6 Å². The molecule has 140 valence electrons. The lowest BCUT2D eigenvalue weighted by Crippen LogP contribution is -2.15. The first-order chi connectivity index (χ1) is 12.2. The zero-order valence-electron chi connectivity index (χ0n) is 16.7. The molecule has 0 bridgehead atoms. The molecular weight excluding hydrogens is 304 g/mol. The van der Waals surface area contributed by atoms with Gasteiger partial charge in [-0.1, -0.05) is 63.5 Å². The van der Waals surface area contributed by atoms with Crippen molar-refractivity contribution < 1.29 is 4.74 Å². The molecule has 1 nitrogen and oxygen atoms in total. The number of para-hydroxylation sites is 1. The van der Waals surface area contributed by atoms with Gasteiger partial charge in [0.05, 0.1) is 6.61 Å². The van der Waals surface area contributed by atoms with E-state index in [-0.39, 0.29) is 0 Å². The van der Waals surface area contributed by atoms with Crippen molar-refractivity contribution in [3.05, 3.63) is 42.0 Å². The molecule has 25 heavy (non-hydrogen) atoms. The Bertz CT molecular complexity index is 490. The molecule has 0 aliphatic heterocycles. The molecule has 1 aliphatic carbocycles. The molecule has 0 aromatic heterocycles. The average molecular weight is 343 g/mol. The molecule has 0 radical (unpaired) electrons. The highest BCUT2D eigenvalue weighted by atomic mass is 16.5. The molecule has 1 aromatic rings. The van der Waals surface area contributed by atoms with E-state index in [0.29, 0.717) is 0 Å². The van der Waals surface area contributed by atoms with E-state index < -0.39 is 0 Å². The minimum Gasteiger partial charge on any atom is -0.494 e. The van der Waals surface area contributed by atoms with Crippen molar-refractivity contribution in [1.82, 2.24) is 0 Å². The monoisotopic (exact) mass is 342 g/mol. The highest BCUT2D eigenvalue weighted by Crippen LogP contribution is 2.35. The van der Waals surface area contributed by atoms with E-state index in [2.05, 4.69) is 26.8 Å². The maximum atomic E-state index is 5.88. The number of ether oxygens (including phenoxy) is 1. The van der Waals surface area contributed by atoms with Crippen molar-refractivity contribution in [3.63, 3.8) is 0 Å². The molecule has 0 amide bonds. The van der Waals surface area contributed by atoms with E-state index in [1.54, 1.807) is 5.57 Å². The Labute approximate surface area is 155 Å². The van der Waals surface area contributed by atoms with E-state index in [1.165, 1.54) is 51.4 Å². The highest BCUT2D eigenvalue weighted by molar-refractivity contribution is 5.20. The van der Waals surface area contributed by atoms with Crippen LogP contribution < -0.4 is 4.74 Å². The van der Waals surface area contributed by atoms with Gasteiger partial charge in [-0.3, -0.25) is 0 Å². The largest absolute Gasteiger partial charge is 0.494 e. The van der Waals surface area contributed by atoms with Crippen LogP contribution in [-0.2, 0) is 0 Å². The Hall–Kier alpha value is -1.24. The van der Waals surface area contributed by atoms with Gasteiger partial charge in [-0.25, -0.2) is 0 Å². The molecule has 3 unspecified atom stereocenters. The van der Waals surface area contributed by atoms with Crippen LogP contribution in [-0.4, -0.2) is 6.61 Å². The van der Waals surface area contributed by atoms with Gasteiger partial charge in [0.2, 0.25) is 0 Å². The zero-order chi connectivity index (χ0) is 17.9. The van der Waals surface area contributed by atoms with Gasteiger partial charge in [0.1, 0.15) is 5.75 Å². The molecule has 1 heteroatoms. The van der Waals surface area contributed by atoms with Crippen LogP contribution in [0.5, 0.6) is 5.75 Å². The van der Waals surface area contributed by atoms with Crippen LogP contribution in [0.2, 0.25) is 0 Å². The number of benzene rings is 1. The number of hydrogen-bond donors (Lipinski definition) is 0. The van der Waals surface area contributed by atoms with Crippen LogP contribution in [0.15, 0.2) is 42.0 Å². The summed E-state index contributed by atoms with van der Waals surface area (Å²) in [7, 11) is 0. The fraction of sp³-hybridized carbons (Fsp3) is 0.667. The Balaban J connectivity index is 1.76. The smallest absolute Gasteiger partial charge is 0.119 e. The maximum absolute atomic E-state index is 5.88. The summed E-state index contributed by atoms with van der Waals surface area (Å²) in [6.45, 7) is 7.89. The summed E-state index contributed by atoms with van der Waals surface area (Å²) < 4.78 is 5.88. The van der Waals surface area contributed by atoms with Gasteiger partial charge in [-0.05, 0) is 74.8 Å². The van der Waals surface area contributed by atoms with Gasteiger partial charge in [0.15, 0.2) is 0 Å². The molecule has 0 heterocycles. The second-order valence-electron chi connectivity index (χ2n) is 7.96. The van der Waals surface area contributed by atoms with Crippen molar-refractivity contribution in [1.29, 1.82) is 0 Å². The van der Waals surface area contributed by atoms with Gasteiger partial charge in [0.25, 0.3) is 0 Å². The summed E-state index contributed by atoms with van der Waals surface area (Å²) in [6, 6.07) is 10.2.